The molecule has 1 heterocycles. The van der Waals surface area contributed by atoms with Crippen LogP contribution in [-0.2, 0) is 6.54 Å². The molecular formula is C9H17N3. The van der Waals surface area contributed by atoms with Gasteiger partial charge in [0.15, 0.2) is 0 Å². The summed E-state index contributed by atoms with van der Waals surface area (Å²) in [6.07, 6.45) is 7.64. The van der Waals surface area contributed by atoms with Crippen LogP contribution in [0.3, 0.4) is 0 Å². The van der Waals surface area contributed by atoms with Gasteiger partial charge in [-0.05, 0) is 6.42 Å². The van der Waals surface area contributed by atoms with Crippen molar-refractivity contribution in [2.75, 3.05) is 12.4 Å². The van der Waals surface area contributed by atoms with E-state index in [9.17, 15) is 0 Å². The first-order valence-electron chi connectivity index (χ1n) is 4.57. The van der Waals surface area contributed by atoms with Crippen LogP contribution in [0.25, 0.3) is 0 Å². The van der Waals surface area contributed by atoms with E-state index in [0.29, 0.717) is 0 Å². The minimum Gasteiger partial charge on any atom is -0.359 e. The summed E-state index contributed by atoms with van der Waals surface area (Å²) in [7, 11) is 1.90. The molecule has 3 nitrogen and oxygen atoms in total. The maximum absolute atomic E-state index is 4.17. The standard InChI is InChI=1S/C9H17N3/c1-3-4-5-7-12-8-6-11-9(12)10-2/h6,8H,3-5,7H2,1-2H3,(H,10,11). The van der Waals surface area contributed by atoms with Gasteiger partial charge in [-0.3, -0.25) is 0 Å². The minimum atomic E-state index is 0.964. The summed E-state index contributed by atoms with van der Waals surface area (Å²) < 4.78 is 2.15. The van der Waals surface area contributed by atoms with Gasteiger partial charge in [-0.2, -0.15) is 0 Å². The third kappa shape index (κ3) is 2.26. The molecule has 0 bridgehead atoms. The Morgan fingerprint density at radius 3 is 3.00 bits per heavy atom. The Morgan fingerprint density at radius 2 is 2.33 bits per heavy atom. The van der Waals surface area contributed by atoms with Gasteiger partial charge in [0.2, 0.25) is 5.95 Å². The SMILES string of the molecule is CCCCCn1ccnc1NC. The molecule has 0 saturated carbocycles. The van der Waals surface area contributed by atoms with E-state index in [4.69, 9.17) is 0 Å². The van der Waals surface area contributed by atoms with Crippen LogP contribution in [0.1, 0.15) is 26.2 Å². The fraction of sp³-hybridized carbons (Fsp3) is 0.667. The zero-order valence-electron chi connectivity index (χ0n) is 7.88. The summed E-state index contributed by atoms with van der Waals surface area (Å²) in [5, 5.41) is 3.05. The van der Waals surface area contributed by atoms with Crippen LogP contribution >= 0.6 is 0 Å². The van der Waals surface area contributed by atoms with Crippen molar-refractivity contribution in [2.24, 2.45) is 0 Å². The van der Waals surface area contributed by atoms with Gasteiger partial charge < -0.3 is 9.88 Å². The highest BCUT2D eigenvalue weighted by atomic mass is 15.2. The molecule has 3 heteroatoms. The predicted octanol–water partition coefficient (Wildman–Crippen LogP) is 2.12. The number of imidazole rings is 1. The first-order chi connectivity index (χ1) is 5.88. The molecule has 0 aliphatic heterocycles. The largest absolute Gasteiger partial charge is 0.359 e. The number of hydrogen-bond acceptors (Lipinski definition) is 2. The van der Waals surface area contributed by atoms with Gasteiger partial charge in [-0.1, -0.05) is 19.8 Å². The second kappa shape index (κ2) is 4.80. The van der Waals surface area contributed by atoms with E-state index >= 15 is 0 Å². The maximum atomic E-state index is 4.17. The Bertz CT molecular complexity index is 217. The summed E-state index contributed by atoms with van der Waals surface area (Å²) in [4.78, 5) is 4.17. The van der Waals surface area contributed by atoms with Gasteiger partial charge in [-0.25, -0.2) is 4.98 Å². The van der Waals surface area contributed by atoms with Gasteiger partial charge in [0.1, 0.15) is 0 Å². The molecular weight excluding hydrogens is 150 g/mol. The lowest BCUT2D eigenvalue weighted by atomic mass is 10.2. The van der Waals surface area contributed by atoms with Gasteiger partial charge in [0.05, 0.1) is 0 Å². The molecule has 12 heavy (non-hydrogen) atoms. The second-order valence-corrected chi connectivity index (χ2v) is 2.90. The van der Waals surface area contributed by atoms with E-state index < -0.39 is 0 Å². The van der Waals surface area contributed by atoms with E-state index in [-0.39, 0.29) is 0 Å². The lowest BCUT2D eigenvalue weighted by molar-refractivity contribution is 0.606. The van der Waals surface area contributed by atoms with Crippen LogP contribution in [0.15, 0.2) is 12.4 Å². The van der Waals surface area contributed by atoms with E-state index in [0.717, 1.165) is 12.5 Å². The van der Waals surface area contributed by atoms with Gasteiger partial charge in [0, 0.05) is 26.0 Å². The zero-order chi connectivity index (χ0) is 8.81. The molecule has 0 unspecified atom stereocenters. The monoisotopic (exact) mass is 167 g/mol. The lowest BCUT2D eigenvalue weighted by Gasteiger charge is -2.05. The highest BCUT2D eigenvalue weighted by Gasteiger charge is 1.97. The number of rotatable bonds is 5. The molecule has 0 atom stereocenters. The summed E-state index contributed by atoms with van der Waals surface area (Å²) in [6.45, 7) is 3.29. The zero-order valence-corrected chi connectivity index (χ0v) is 7.88. The number of anilines is 1. The van der Waals surface area contributed by atoms with Crippen molar-refractivity contribution in [3.05, 3.63) is 12.4 Å². The summed E-state index contributed by atoms with van der Waals surface area (Å²) in [6, 6.07) is 0. The smallest absolute Gasteiger partial charge is 0.202 e. The van der Waals surface area contributed by atoms with Gasteiger partial charge >= 0.3 is 0 Å². The Morgan fingerprint density at radius 1 is 1.50 bits per heavy atom. The number of nitrogens with zero attached hydrogens (tertiary/aromatic N) is 2. The number of aryl methyl sites for hydroxylation is 1. The fourth-order valence-corrected chi connectivity index (χ4v) is 1.25. The quantitative estimate of drug-likeness (QED) is 0.681. The maximum Gasteiger partial charge on any atom is 0.202 e. The molecule has 0 saturated heterocycles. The van der Waals surface area contributed by atoms with Crippen molar-refractivity contribution in [2.45, 2.75) is 32.7 Å². The van der Waals surface area contributed by atoms with Crippen molar-refractivity contribution >= 4 is 5.95 Å². The fourth-order valence-electron chi connectivity index (χ4n) is 1.25. The number of aromatic nitrogens is 2. The minimum absolute atomic E-state index is 0.964. The van der Waals surface area contributed by atoms with E-state index in [2.05, 4.69) is 21.8 Å². The molecule has 0 radical (unpaired) electrons. The molecule has 68 valence electrons. The van der Waals surface area contributed by atoms with Crippen LogP contribution in [-0.4, -0.2) is 16.6 Å². The van der Waals surface area contributed by atoms with Crippen LogP contribution in [0, 0.1) is 0 Å². The van der Waals surface area contributed by atoms with E-state index in [1.807, 2.05) is 19.4 Å². The van der Waals surface area contributed by atoms with Crippen LogP contribution in [0.4, 0.5) is 5.95 Å². The average molecular weight is 167 g/mol. The van der Waals surface area contributed by atoms with Crippen molar-refractivity contribution in [1.82, 2.24) is 9.55 Å². The van der Waals surface area contributed by atoms with Crippen molar-refractivity contribution < 1.29 is 0 Å². The van der Waals surface area contributed by atoms with Crippen molar-refractivity contribution in [3.63, 3.8) is 0 Å². The van der Waals surface area contributed by atoms with Crippen molar-refractivity contribution in [3.8, 4) is 0 Å². The second-order valence-electron chi connectivity index (χ2n) is 2.90. The lowest BCUT2D eigenvalue weighted by Crippen LogP contribution is -2.02. The Kier molecular flexibility index (Phi) is 3.64. The Hall–Kier alpha value is -0.990. The Labute approximate surface area is 73.8 Å². The highest BCUT2D eigenvalue weighted by molar-refractivity contribution is 5.23. The van der Waals surface area contributed by atoms with E-state index in [1.165, 1.54) is 19.3 Å². The highest BCUT2D eigenvalue weighted by Crippen LogP contribution is 2.05. The number of nitrogens with one attached hydrogen (secondary N) is 1. The van der Waals surface area contributed by atoms with Crippen molar-refractivity contribution in [1.29, 1.82) is 0 Å². The topological polar surface area (TPSA) is 29.9 Å². The first kappa shape index (κ1) is 9.10. The summed E-state index contributed by atoms with van der Waals surface area (Å²) >= 11 is 0. The van der Waals surface area contributed by atoms with E-state index in [1.54, 1.807) is 0 Å². The third-order valence-corrected chi connectivity index (χ3v) is 1.94. The molecule has 1 N–H and O–H groups in total. The molecule has 0 aliphatic carbocycles. The molecule has 0 fully saturated rings. The third-order valence-electron chi connectivity index (χ3n) is 1.94. The number of unbranched alkanes of at least 4 members (excludes halogenated alkanes) is 2. The van der Waals surface area contributed by atoms with Gasteiger partial charge in [-0.15, -0.1) is 0 Å². The molecule has 0 amide bonds. The molecule has 1 aromatic rings. The molecule has 0 aliphatic rings. The molecule has 0 aromatic carbocycles. The van der Waals surface area contributed by atoms with Crippen LogP contribution < -0.4 is 5.32 Å². The Balaban J connectivity index is 2.39. The van der Waals surface area contributed by atoms with Gasteiger partial charge in [0.25, 0.3) is 0 Å². The summed E-state index contributed by atoms with van der Waals surface area (Å²) in [5.74, 6) is 0.964. The molecule has 0 spiro atoms. The van der Waals surface area contributed by atoms with Crippen LogP contribution in [0.2, 0.25) is 0 Å². The normalized spacial score (nSPS) is 10.2. The number of hydrogen-bond donors (Lipinski definition) is 1. The average Bonchev–Trinajstić information content (AvgIpc) is 2.52. The van der Waals surface area contributed by atoms with Crippen LogP contribution in [0.5, 0.6) is 0 Å². The first-order valence-corrected chi connectivity index (χ1v) is 4.57. The molecule has 1 aromatic heterocycles. The summed E-state index contributed by atoms with van der Waals surface area (Å²) in [5.41, 5.74) is 0. The predicted molar refractivity (Wildman–Crippen MR) is 51.3 cm³/mol. The molecule has 1 rings (SSSR count).